The number of rotatable bonds is 1. The third-order valence-corrected chi connectivity index (χ3v) is 3.89. The Morgan fingerprint density at radius 3 is 3.04 bits per heavy atom. The summed E-state index contributed by atoms with van der Waals surface area (Å²) >= 11 is 6.07. The number of fused-ring (bicyclic) bond motifs is 4. The molecule has 1 aliphatic rings. The van der Waals surface area contributed by atoms with Crippen molar-refractivity contribution in [2.24, 2.45) is 0 Å². The quantitative estimate of drug-likeness (QED) is 0.854. The van der Waals surface area contributed by atoms with E-state index in [1.165, 1.54) is 6.20 Å². The lowest BCUT2D eigenvalue weighted by atomic mass is 10.1. The first-order chi connectivity index (χ1) is 11.6. The lowest BCUT2D eigenvalue weighted by Crippen LogP contribution is -2.28. The van der Waals surface area contributed by atoms with Gasteiger partial charge in [0.2, 0.25) is 11.8 Å². The highest BCUT2D eigenvalue weighted by atomic mass is 35.5. The average molecular weight is 349 g/mol. The Morgan fingerprint density at radius 1 is 1.42 bits per heavy atom. The third-order valence-electron chi connectivity index (χ3n) is 3.63. The Labute approximate surface area is 144 Å². The molecule has 0 unspecified atom stereocenters. The van der Waals surface area contributed by atoms with E-state index in [0.717, 1.165) is 0 Å². The second-order valence-corrected chi connectivity index (χ2v) is 5.72. The van der Waals surface area contributed by atoms with Gasteiger partial charge in [0.25, 0.3) is 5.91 Å². The van der Waals surface area contributed by atoms with Crippen LogP contribution in [-0.4, -0.2) is 48.1 Å². The Morgan fingerprint density at radius 2 is 2.25 bits per heavy atom. The van der Waals surface area contributed by atoms with E-state index >= 15 is 0 Å². The van der Waals surface area contributed by atoms with Crippen molar-refractivity contribution in [3.63, 3.8) is 0 Å². The first-order valence-corrected chi connectivity index (χ1v) is 7.82. The molecule has 1 aliphatic heterocycles. The number of benzene rings is 1. The molecule has 8 heteroatoms. The maximum atomic E-state index is 12.5. The number of nitrogens with zero attached hydrogens (tertiary/aromatic N) is 3. The second kappa shape index (κ2) is 6.92. The van der Waals surface area contributed by atoms with E-state index in [2.05, 4.69) is 15.3 Å². The molecule has 0 fully saturated rings. The lowest BCUT2D eigenvalue weighted by Gasteiger charge is -2.18. The number of methoxy groups -OCH3 is 1. The Bertz CT molecular complexity index is 769. The van der Waals surface area contributed by atoms with E-state index in [-0.39, 0.29) is 5.91 Å². The lowest BCUT2D eigenvalue weighted by molar-refractivity contribution is 0.0787. The van der Waals surface area contributed by atoms with Gasteiger partial charge in [-0.15, -0.1) is 0 Å². The minimum Gasteiger partial charge on any atom is -0.495 e. The molecule has 0 saturated carbocycles. The van der Waals surface area contributed by atoms with E-state index in [1.54, 1.807) is 37.3 Å². The topological polar surface area (TPSA) is 76.6 Å². The van der Waals surface area contributed by atoms with E-state index in [1.807, 2.05) is 0 Å². The molecule has 0 spiro atoms. The number of hydrogen-bond acceptors (Lipinski definition) is 6. The summed E-state index contributed by atoms with van der Waals surface area (Å²) in [5, 5.41) is 3.38. The molecular weight excluding hydrogens is 332 g/mol. The summed E-state index contributed by atoms with van der Waals surface area (Å²) in [4.78, 5) is 22.6. The molecule has 3 rings (SSSR count). The van der Waals surface area contributed by atoms with E-state index in [4.69, 9.17) is 21.1 Å². The fourth-order valence-electron chi connectivity index (χ4n) is 2.36. The van der Waals surface area contributed by atoms with E-state index in [9.17, 15) is 4.79 Å². The minimum atomic E-state index is -0.0781. The molecule has 1 amide bonds. The summed E-state index contributed by atoms with van der Waals surface area (Å²) in [6.07, 6.45) is 2.13. The monoisotopic (exact) mass is 348 g/mol. The molecule has 1 N–H and O–H groups in total. The predicted molar refractivity (Wildman–Crippen MR) is 90.4 cm³/mol. The molecule has 24 heavy (non-hydrogen) atoms. The van der Waals surface area contributed by atoms with Gasteiger partial charge < -0.3 is 19.7 Å². The van der Waals surface area contributed by atoms with Crippen molar-refractivity contribution < 1.29 is 14.3 Å². The van der Waals surface area contributed by atoms with Gasteiger partial charge in [-0.1, -0.05) is 11.6 Å². The summed E-state index contributed by atoms with van der Waals surface area (Å²) in [7, 11) is 3.31. The first kappa shape index (κ1) is 16.3. The highest BCUT2D eigenvalue weighted by molar-refractivity contribution is 6.31. The number of nitrogens with one attached hydrogen (secondary N) is 1. The number of carbonyl (C=O) groups is 1. The average Bonchev–Trinajstić information content (AvgIpc) is 2.60. The maximum Gasteiger partial charge on any atom is 0.253 e. The smallest absolute Gasteiger partial charge is 0.253 e. The van der Waals surface area contributed by atoms with Crippen molar-refractivity contribution in [3.05, 3.63) is 35.0 Å². The minimum absolute atomic E-state index is 0.0781. The number of halogens is 1. The largest absolute Gasteiger partial charge is 0.495 e. The van der Waals surface area contributed by atoms with Crippen LogP contribution in [-0.2, 0) is 0 Å². The highest BCUT2D eigenvalue weighted by Crippen LogP contribution is 2.30. The van der Waals surface area contributed by atoms with Crippen molar-refractivity contribution in [2.75, 3.05) is 32.6 Å². The van der Waals surface area contributed by atoms with Crippen molar-refractivity contribution in [1.29, 1.82) is 0 Å². The molecule has 1 aromatic heterocycles. The predicted octanol–water partition coefficient (Wildman–Crippen LogP) is 2.74. The number of amides is 1. The number of hydrogen-bond donors (Lipinski definition) is 1. The van der Waals surface area contributed by atoms with Crippen LogP contribution in [0.15, 0.2) is 24.4 Å². The Hall–Kier alpha value is -2.54. The van der Waals surface area contributed by atoms with Crippen LogP contribution in [0.5, 0.6) is 11.6 Å². The number of ether oxygens (including phenoxy) is 2. The van der Waals surface area contributed by atoms with Crippen LogP contribution < -0.4 is 14.8 Å². The molecule has 2 heterocycles. The summed E-state index contributed by atoms with van der Waals surface area (Å²) in [5.41, 5.74) is 1.14. The van der Waals surface area contributed by atoms with Gasteiger partial charge >= 0.3 is 0 Å². The third kappa shape index (κ3) is 3.35. The van der Waals surface area contributed by atoms with Gasteiger partial charge in [0.15, 0.2) is 0 Å². The van der Waals surface area contributed by atoms with Crippen LogP contribution in [0.2, 0.25) is 5.02 Å². The second-order valence-electron chi connectivity index (χ2n) is 5.32. The van der Waals surface area contributed by atoms with Crippen LogP contribution >= 0.6 is 11.6 Å². The standard InChI is InChI=1S/C16H17ClN4O3/c1-21-6-3-7-24-14-11(17)9-18-16(20-14)19-12-8-10(15(21)22)4-5-13(12)23-2/h4-5,8-9H,3,6-7H2,1-2H3,(H,18,19,20). The fourth-order valence-corrected chi connectivity index (χ4v) is 2.51. The maximum absolute atomic E-state index is 12.5. The molecule has 2 aromatic rings. The van der Waals surface area contributed by atoms with Gasteiger partial charge in [-0.25, -0.2) is 4.98 Å². The zero-order valence-electron chi connectivity index (χ0n) is 13.4. The number of carbonyl (C=O) groups excluding carboxylic acids is 1. The molecule has 4 bridgehead atoms. The Balaban J connectivity index is 2.06. The summed E-state index contributed by atoms with van der Waals surface area (Å²) in [6, 6.07) is 5.18. The number of aromatic nitrogens is 2. The fraction of sp³-hybridized carbons (Fsp3) is 0.312. The van der Waals surface area contributed by atoms with Crippen LogP contribution in [0.1, 0.15) is 16.8 Å². The molecule has 7 nitrogen and oxygen atoms in total. The number of anilines is 2. The molecule has 0 aliphatic carbocycles. The molecule has 0 radical (unpaired) electrons. The van der Waals surface area contributed by atoms with Crippen LogP contribution in [0.3, 0.4) is 0 Å². The van der Waals surface area contributed by atoms with Gasteiger partial charge in [-0.05, 0) is 24.6 Å². The zero-order chi connectivity index (χ0) is 17.1. The van der Waals surface area contributed by atoms with E-state index in [0.29, 0.717) is 53.4 Å². The zero-order valence-corrected chi connectivity index (χ0v) is 14.1. The molecule has 0 saturated heterocycles. The Kier molecular flexibility index (Phi) is 4.71. The van der Waals surface area contributed by atoms with Crippen molar-refractivity contribution in [1.82, 2.24) is 14.9 Å². The van der Waals surface area contributed by atoms with Gasteiger partial charge in [-0.3, -0.25) is 4.79 Å². The normalized spacial score (nSPS) is 14.6. The molecular formula is C16H17ClN4O3. The van der Waals surface area contributed by atoms with Crippen LogP contribution in [0.4, 0.5) is 11.6 Å². The van der Waals surface area contributed by atoms with Crippen molar-refractivity contribution in [2.45, 2.75) is 6.42 Å². The van der Waals surface area contributed by atoms with Crippen molar-refractivity contribution in [3.8, 4) is 11.6 Å². The van der Waals surface area contributed by atoms with Gasteiger partial charge in [0, 0.05) is 19.2 Å². The van der Waals surface area contributed by atoms with E-state index < -0.39 is 0 Å². The van der Waals surface area contributed by atoms with Gasteiger partial charge in [-0.2, -0.15) is 4.98 Å². The summed E-state index contributed by atoms with van der Waals surface area (Å²) < 4.78 is 10.9. The molecule has 0 atom stereocenters. The highest BCUT2D eigenvalue weighted by Gasteiger charge is 2.16. The van der Waals surface area contributed by atoms with Crippen LogP contribution in [0.25, 0.3) is 0 Å². The summed E-state index contributed by atoms with van der Waals surface area (Å²) in [5.74, 6) is 1.11. The molecule has 1 aromatic carbocycles. The summed E-state index contributed by atoms with van der Waals surface area (Å²) in [6.45, 7) is 0.956. The molecule has 126 valence electrons. The van der Waals surface area contributed by atoms with Crippen molar-refractivity contribution >= 4 is 29.1 Å². The van der Waals surface area contributed by atoms with Gasteiger partial charge in [0.05, 0.1) is 25.6 Å². The SMILES string of the molecule is COc1ccc2cc1Nc1ncc(Cl)c(n1)OCCCN(C)C2=O. The van der Waals surface area contributed by atoms with Gasteiger partial charge in [0.1, 0.15) is 10.8 Å². The first-order valence-electron chi connectivity index (χ1n) is 7.44. The van der Waals surface area contributed by atoms with Crippen LogP contribution in [0, 0.1) is 0 Å².